The summed E-state index contributed by atoms with van der Waals surface area (Å²) in [6.45, 7) is 2.09. The van der Waals surface area contributed by atoms with Gasteiger partial charge in [0.05, 0.1) is 11.7 Å². The van der Waals surface area contributed by atoms with E-state index in [9.17, 15) is 0 Å². The van der Waals surface area contributed by atoms with Crippen molar-refractivity contribution in [2.75, 3.05) is 0 Å². The molecule has 2 aromatic rings. The molecule has 0 saturated carbocycles. The third-order valence-electron chi connectivity index (χ3n) is 3.67. The zero-order valence-electron chi connectivity index (χ0n) is 10.9. The maximum absolute atomic E-state index is 6.38. The number of thiazole rings is 1. The lowest BCUT2D eigenvalue weighted by atomic mass is 10.0. The summed E-state index contributed by atoms with van der Waals surface area (Å²) in [6, 6.07) is 6.21. The quantitative estimate of drug-likeness (QED) is 0.894. The largest absolute Gasteiger partial charge is 0.318 e. The Balaban J connectivity index is 1.92. The van der Waals surface area contributed by atoms with Crippen molar-refractivity contribution in [3.63, 3.8) is 0 Å². The molecular formula is C15H17BrN2S. The monoisotopic (exact) mass is 336 g/mol. The van der Waals surface area contributed by atoms with Gasteiger partial charge in [-0.1, -0.05) is 28.1 Å². The maximum Gasteiger partial charge on any atom is 0.114 e. The molecular weight excluding hydrogens is 320 g/mol. The Hall–Kier alpha value is -0.710. The SMILES string of the molecule is Cc1cc(C(N)c2nc3c(s2)CCCC3)ccc1Br. The van der Waals surface area contributed by atoms with Crippen LogP contribution in [0.15, 0.2) is 22.7 Å². The zero-order chi connectivity index (χ0) is 13.4. The number of rotatable bonds is 2. The third kappa shape index (κ3) is 2.62. The van der Waals surface area contributed by atoms with Crippen molar-refractivity contribution in [2.45, 2.75) is 38.6 Å². The molecule has 19 heavy (non-hydrogen) atoms. The Morgan fingerprint density at radius 1 is 1.32 bits per heavy atom. The summed E-state index contributed by atoms with van der Waals surface area (Å²) in [5.74, 6) is 0. The molecule has 4 heteroatoms. The van der Waals surface area contributed by atoms with Crippen molar-refractivity contribution in [2.24, 2.45) is 5.73 Å². The van der Waals surface area contributed by atoms with E-state index in [2.05, 4.69) is 41.1 Å². The normalized spacial score (nSPS) is 16.2. The van der Waals surface area contributed by atoms with Crippen LogP contribution in [0.2, 0.25) is 0 Å². The van der Waals surface area contributed by atoms with Crippen molar-refractivity contribution in [1.82, 2.24) is 4.98 Å². The van der Waals surface area contributed by atoms with E-state index in [-0.39, 0.29) is 6.04 Å². The topological polar surface area (TPSA) is 38.9 Å². The summed E-state index contributed by atoms with van der Waals surface area (Å²) < 4.78 is 1.13. The van der Waals surface area contributed by atoms with E-state index in [1.807, 2.05) is 0 Å². The van der Waals surface area contributed by atoms with Crippen molar-refractivity contribution < 1.29 is 0 Å². The van der Waals surface area contributed by atoms with Crippen LogP contribution in [0.1, 0.15) is 45.6 Å². The number of benzene rings is 1. The summed E-state index contributed by atoms with van der Waals surface area (Å²) in [7, 11) is 0. The van der Waals surface area contributed by atoms with Crippen LogP contribution in [0.25, 0.3) is 0 Å². The Morgan fingerprint density at radius 3 is 2.84 bits per heavy atom. The number of hydrogen-bond acceptors (Lipinski definition) is 3. The summed E-state index contributed by atoms with van der Waals surface area (Å²) in [5.41, 5.74) is 10.0. The van der Waals surface area contributed by atoms with Crippen molar-refractivity contribution >= 4 is 27.3 Å². The van der Waals surface area contributed by atoms with Gasteiger partial charge in [-0.15, -0.1) is 11.3 Å². The van der Waals surface area contributed by atoms with Gasteiger partial charge < -0.3 is 5.73 Å². The predicted octanol–water partition coefficient (Wildman–Crippen LogP) is 4.14. The summed E-state index contributed by atoms with van der Waals surface area (Å²) in [4.78, 5) is 6.21. The lowest BCUT2D eigenvalue weighted by Crippen LogP contribution is -2.12. The second-order valence-electron chi connectivity index (χ2n) is 5.12. The molecule has 1 aromatic carbocycles. The standard InChI is InChI=1S/C15H17BrN2S/c1-9-8-10(6-7-11(9)16)14(17)15-18-12-4-2-3-5-13(12)19-15/h6-8,14H,2-5,17H2,1H3. The Kier molecular flexibility index (Phi) is 3.74. The van der Waals surface area contributed by atoms with Crippen LogP contribution >= 0.6 is 27.3 Å². The van der Waals surface area contributed by atoms with Gasteiger partial charge >= 0.3 is 0 Å². The number of aromatic nitrogens is 1. The van der Waals surface area contributed by atoms with Crippen LogP contribution in [-0.2, 0) is 12.8 Å². The van der Waals surface area contributed by atoms with Gasteiger partial charge in [-0.05, 0) is 49.8 Å². The first-order valence-electron chi connectivity index (χ1n) is 6.65. The van der Waals surface area contributed by atoms with Gasteiger partial charge in [0.1, 0.15) is 5.01 Å². The lowest BCUT2D eigenvalue weighted by molar-refractivity contribution is 0.678. The number of fused-ring (bicyclic) bond motifs is 1. The molecule has 0 fully saturated rings. The fraction of sp³-hybridized carbons (Fsp3) is 0.400. The van der Waals surface area contributed by atoms with Crippen LogP contribution in [0.3, 0.4) is 0 Å². The molecule has 3 rings (SSSR count). The van der Waals surface area contributed by atoms with Gasteiger partial charge in [-0.2, -0.15) is 0 Å². The fourth-order valence-electron chi connectivity index (χ4n) is 2.51. The number of nitrogens with zero attached hydrogens (tertiary/aromatic N) is 1. The highest BCUT2D eigenvalue weighted by molar-refractivity contribution is 9.10. The highest BCUT2D eigenvalue weighted by Crippen LogP contribution is 2.32. The van der Waals surface area contributed by atoms with Crippen LogP contribution in [0.4, 0.5) is 0 Å². The predicted molar refractivity (Wildman–Crippen MR) is 83.7 cm³/mol. The minimum atomic E-state index is -0.0950. The molecule has 1 aliphatic carbocycles. The first-order chi connectivity index (χ1) is 9.15. The molecule has 0 bridgehead atoms. The number of halogens is 1. The fourth-order valence-corrected chi connectivity index (χ4v) is 3.94. The average molecular weight is 337 g/mol. The van der Waals surface area contributed by atoms with Gasteiger partial charge in [0.2, 0.25) is 0 Å². The van der Waals surface area contributed by atoms with Crippen LogP contribution in [0.5, 0.6) is 0 Å². The first-order valence-corrected chi connectivity index (χ1v) is 8.26. The van der Waals surface area contributed by atoms with E-state index in [1.54, 1.807) is 11.3 Å². The molecule has 0 radical (unpaired) electrons. The highest BCUT2D eigenvalue weighted by Gasteiger charge is 2.19. The van der Waals surface area contributed by atoms with Crippen molar-refractivity contribution in [1.29, 1.82) is 0 Å². The van der Waals surface area contributed by atoms with Crippen LogP contribution < -0.4 is 5.73 Å². The van der Waals surface area contributed by atoms with Crippen molar-refractivity contribution in [3.05, 3.63) is 49.4 Å². The molecule has 2 N–H and O–H groups in total. The highest BCUT2D eigenvalue weighted by atomic mass is 79.9. The smallest absolute Gasteiger partial charge is 0.114 e. The molecule has 0 spiro atoms. The van der Waals surface area contributed by atoms with Gasteiger partial charge in [0.25, 0.3) is 0 Å². The Labute approximate surface area is 126 Å². The molecule has 0 amide bonds. The van der Waals surface area contributed by atoms with E-state index in [4.69, 9.17) is 10.7 Å². The minimum absolute atomic E-state index is 0.0950. The second kappa shape index (κ2) is 5.35. The van der Waals surface area contributed by atoms with E-state index >= 15 is 0 Å². The number of nitrogens with two attached hydrogens (primary N) is 1. The van der Waals surface area contributed by atoms with E-state index in [1.165, 1.54) is 35.4 Å². The third-order valence-corrected chi connectivity index (χ3v) is 5.80. The van der Waals surface area contributed by atoms with Gasteiger partial charge in [-0.25, -0.2) is 4.98 Å². The van der Waals surface area contributed by atoms with E-state index < -0.39 is 0 Å². The minimum Gasteiger partial charge on any atom is -0.318 e. The molecule has 1 heterocycles. The van der Waals surface area contributed by atoms with Crippen molar-refractivity contribution in [3.8, 4) is 0 Å². The molecule has 2 nitrogen and oxygen atoms in total. The Morgan fingerprint density at radius 2 is 2.11 bits per heavy atom. The molecule has 1 unspecified atom stereocenters. The molecule has 1 atom stereocenters. The van der Waals surface area contributed by atoms with Gasteiger partial charge in [0, 0.05) is 9.35 Å². The molecule has 0 aliphatic heterocycles. The van der Waals surface area contributed by atoms with Gasteiger partial charge in [-0.3, -0.25) is 0 Å². The summed E-state index contributed by atoms with van der Waals surface area (Å²) in [6.07, 6.45) is 4.86. The first kappa shape index (κ1) is 13.3. The summed E-state index contributed by atoms with van der Waals surface area (Å²) >= 11 is 5.33. The molecule has 0 saturated heterocycles. The zero-order valence-corrected chi connectivity index (χ0v) is 13.4. The Bertz CT molecular complexity index is 583. The molecule has 100 valence electrons. The summed E-state index contributed by atoms with van der Waals surface area (Å²) in [5, 5.41) is 1.06. The van der Waals surface area contributed by atoms with E-state index in [0.29, 0.717) is 0 Å². The van der Waals surface area contributed by atoms with Gasteiger partial charge in [0.15, 0.2) is 0 Å². The average Bonchev–Trinajstić information content (AvgIpc) is 2.85. The van der Waals surface area contributed by atoms with Crippen LogP contribution in [0, 0.1) is 6.92 Å². The molecule has 1 aromatic heterocycles. The second-order valence-corrected chi connectivity index (χ2v) is 7.08. The van der Waals surface area contributed by atoms with Crippen LogP contribution in [-0.4, -0.2) is 4.98 Å². The lowest BCUT2D eigenvalue weighted by Gasteiger charge is -2.10. The molecule has 1 aliphatic rings. The number of aryl methyl sites for hydroxylation is 3. The maximum atomic E-state index is 6.38. The van der Waals surface area contributed by atoms with E-state index in [0.717, 1.165) is 21.5 Å². The number of hydrogen-bond donors (Lipinski definition) is 1.